The van der Waals surface area contributed by atoms with Crippen LogP contribution in [0, 0.1) is 0 Å². The van der Waals surface area contributed by atoms with E-state index in [0.717, 1.165) is 16.5 Å². The molecule has 0 radical (unpaired) electrons. The van der Waals surface area contributed by atoms with Gasteiger partial charge in [-0.15, -0.1) is 0 Å². The summed E-state index contributed by atoms with van der Waals surface area (Å²) in [7, 11) is -3.25. The zero-order valence-electron chi connectivity index (χ0n) is 12.0. The van der Waals surface area contributed by atoms with E-state index in [9.17, 15) is 8.42 Å². The van der Waals surface area contributed by atoms with Crippen LogP contribution in [0.3, 0.4) is 0 Å². The summed E-state index contributed by atoms with van der Waals surface area (Å²) in [6.07, 6.45) is 3.39. The molecule has 0 unspecified atom stereocenters. The van der Waals surface area contributed by atoms with E-state index in [-0.39, 0.29) is 12.2 Å². The fraction of sp³-hybridized carbons (Fsp3) is 0.429. The van der Waals surface area contributed by atoms with Gasteiger partial charge >= 0.3 is 0 Å². The van der Waals surface area contributed by atoms with Crippen molar-refractivity contribution in [3.63, 3.8) is 0 Å². The first-order chi connectivity index (χ1) is 9.35. The van der Waals surface area contributed by atoms with Gasteiger partial charge in [0.1, 0.15) is 0 Å². The van der Waals surface area contributed by atoms with Gasteiger partial charge in [0, 0.05) is 29.6 Å². The lowest BCUT2D eigenvalue weighted by molar-refractivity contribution is 0.436. The number of hydrogen-bond donors (Lipinski definition) is 3. The summed E-state index contributed by atoms with van der Waals surface area (Å²) in [5.74, 6) is 0. The van der Waals surface area contributed by atoms with Crippen LogP contribution in [0.25, 0.3) is 10.9 Å². The van der Waals surface area contributed by atoms with Crippen molar-refractivity contribution in [3.8, 4) is 0 Å². The summed E-state index contributed by atoms with van der Waals surface area (Å²) in [4.78, 5) is 3.20. The summed E-state index contributed by atoms with van der Waals surface area (Å²) in [6.45, 7) is 3.98. The Hall–Kier alpha value is -1.37. The molecule has 110 valence electrons. The number of hydrogen-bond acceptors (Lipinski definition) is 3. The van der Waals surface area contributed by atoms with Gasteiger partial charge in [-0.05, 0) is 25.5 Å². The number of H-pyrrole nitrogens is 1. The molecule has 1 heterocycles. The van der Waals surface area contributed by atoms with Crippen molar-refractivity contribution >= 4 is 20.9 Å². The van der Waals surface area contributed by atoms with Gasteiger partial charge in [0.2, 0.25) is 10.0 Å². The summed E-state index contributed by atoms with van der Waals surface area (Å²) in [5, 5.41) is 4.36. The predicted octanol–water partition coefficient (Wildman–Crippen LogP) is 1.58. The molecule has 5 nitrogen and oxygen atoms in total. The molecule has 0 aliphatic rings. The number of nitrogens with one attached hydrogen (secondary N) is 3. The molecule has 6 heteroatoms. The lowest BCUT2D eigenvalue weighted by Gasteiger charge is -2.21. The van der Waals surface area contributed by atoms with Gasteiger partial charge in [-0.2, -0.15) is 4.72 Å². The van der Waals surface area contributed by atoms with Crippen LogP contribution in [-0.4, -0.2) is 31.9 Å². The van der Waals surface area contributed by atoms with Gasteiger partial charge in [-0.25, -0.2) is 8.42 Å². The van der Waals surface area contributed by atoms with Crippen LogP contribution < -0.4 is 10.0 Å². The van der Waals surface area contributed by atoms with Gasteiger partial charge in [0.25, 0.3) is 0 Å². The second-order valence-electron chi connectivity index (χ2n) is 5.33. The van der Waals surface area contributed by atoms with E-state index in [0.29, 0.717) is 6.42 Å². The Kier molecular flexibility index (Phi) is 4.47. The average Bonchev–Trinajstić information content (AvgIpc) is 2.70. The molecule has 0 saturated carbocycles. The first-order valence-electron chi connectivity index (χ1n) is 6.63. The smallest absolute Gasteiger partial charge is 0.210 e. The van der Waals surface area contributed by atoms with Crippen LogP contribution in [0.5, 0.6) is 0 Å². The van der Waals surface area contributed by atoms with Crippen LogP contribution in [0.15, 0.2) is 30.5 Å². The molecule has 0 fully saturated rings. The summed E-state index contributed by atoms with van der Waals surface area (Å²) in [5.41, 5.74) is 2.15. The Morgan fingerprint density at radius 3 is 2.60 bits per heavy atom. The molecule has 20 heavy (non-hydrogen) atoms. The Balaban J connectivity index is 2.22. The van der Waals surface area contributed by atoms with E-state index >= 15 is 0 Å². The zero-order chi connectivity index (χ0) is 14.8. The predicted molar refractivity (Wildman–Crippen MR) is 82.0 cm³/mol. The van der Waals surface area contributed by atoms with Crippen LogP contribution in [0.2, 0.25) is 0 Å². The Morgan fingerprint density at radius 1 is 1.25 bits per heavy atom. The maximum Gasteiger partial charge on any atom is 0.210 e. The molecular formula is C14H21N3O2S. The largest absolute Gasteiger partial charge is 0.361 e. The number of fused-ring (bicyclic) bond motifs is 1. The van der Waals surface area contributed by atoms with Gasteiger partial charge < -0.3 is 4.98 Å². The second-order valence-corrected chi connectivity index (χ2v) is 7.11. The fourth-order valence-corrected chi connectivity index (χ4v) is 2.98. The third kappa shape index (κ3) is 4.06. The topological polar surface area (TPSA) is 74.0 Å². The van der Waals surface area contributed by atoms with Crippen molar-refractivity contribution in [2.45, 2.75) is 32.5 Å². The van der Waals surface area contributed by atoms with Crippen molar-refractivity contribution in [2.75, 3.05) is 6.26 Å². The normalized spacial score (nSPS) is 14.0. The molecule has 1 aromatic carbocycles. The molecule has 0 amide bonds. The summed E-state index contributed by atoms with van der Waals surface area (Å²) in [6, 6.07) is 8.19. The molecule has 0 bridgehead atoms. The molecule has 2 rings (SSSR count). The minimum Gasteiger partial charge on any atom is -0.361 e. The molecule has 1 atom stereocenters. The quantitative estimate of drug-likeness (QED) is 0.708. The number of sulfonamides is 1. The third-order valence-corrected chi connectivity index (χ3v) is 3.70. The van der Waals surface area contributed by atoms with Crippen LogP contribution in [0.4, 0.5) is 0 Å². The molecule has 2 aromatic rings. The van der Waals surface area contributed by atoms with Crippen molar-refractivity contribution in [1.29, 1.82) is 0 Å². The van der Waals surface area contributed by atoms with Crippen LogP contribution >= 0.6 is 0 Å². The lowest BCUT2D eigenvalue weighted by Crippen LogP contribution is -2.48. The lowest BCUT2D eigenvalue weighted by atomic mass is 10.1. The number of para-hydroxylation sites is 1. The number of aromatic nitrogens is 1. The van der Waals surface area contributed by atoms with Crippen molar-refractivity contribution in [2.24, 2.45) is 0 Å². The van der Waals surface area contributed by atoms with E-state index in [1.807, 2.05) is 44.3 Å². The van der Waals surface area contributed by atoms with Gasteiger partial charge in [-0.1, -0.05) is 18.2 Å². The highest BCUT2D eigenvalue weighted by molar-refractivity contribution is 7.88. The van der Waals surface area contributed by atoms with Gasteiger partial charge in [-0.3, -0.25) is 5.32 Å². The molecule has 3 N–H and O–H groups in total. The first-order valence-corrected chi connectivity index (χ1v) is 8.52. The Bertz CT molecular complexity index is 677. The van der Waals surface area contributed by atoms with Crippen molar-refractivity contribution in [1.82, 2.24) is 15.0 Å². The molecule has 0 saturated heterocycles. The number of benzene rings is 1. The second kappa shape index (κ2) is 5.95. The molecule has 0 aliphatic carbocycles. The van der Waals surface area contributed by atoms with Gasteiger partial charge in [0.05, 0.1) is 12.4 Å². The monoisotopic (exact) mass is 295 g/mol. The molecule has 0 aliphatic heterocycles. The van der Waals surface area contributed by atoms with Gasteiger partial charge in [0.15, 0.2) is 0 Å². The van der Waals surface area contributed by atoms with Crippen LogP contribution in [0.1, 0.15) is 19.4 Å². The minimum absolute atomic E-state index is 0.194. The van der Waals surface area contributed by atoms with Crippen molar-refractivity contribution < 1.29 is 8.42 Å². The number of rotatable bonds is 6. The average molecular weight is 295 g/mol. The Morgan fingerprint density at radius 2 is 1.95 bits per heavy atom. The van der Waals surface area contributed by atoms with E-state index in [1.54, 1.807) is 0 Å². The van der Waals surface area contributed by atoms with E-state index < -0.39 is 10.0 Å². The van der Waals surface area contributed by atoms with E-state index in [2.05, 4.69) is 15.0 Å². The molecular weight excluding hydrogens is 274 g/mol. The first kappa shape index (κ1) is 15.0. The third-order valence-electron chi connectivity index (χ3n) is 2.99. The summed E-state index contributed by atoms with van der Waals surface area (Å²) >= 11 is 0. The highest BCUT2D eigenvalue weighted by atomic mass is 32.2. The Labute approximate surface area is 119 Å². The highest BCUT2D eigenvalue weighted by Gasteiger charge is 2.16. The van der Waals surface area contributed by atoms with Crippen molar-refractivity contribution in [3.05, 3.63) is 36.0 Å². The zero-order valence-corrected chi connectivity index (χ0v) is 12.8. The van der Waals surface area contributed by atoms with E-state index in [1.165, 1.54) is 6.26 Å². The van der Waals surface area contributed by atoms with Crippen LogP contribution in [-0.2, 0) is 16.4 Å². The fourth-order valence-electron chi connectivity index (χ4n) is 2.32. The molecule has 0 spiro atoms. The minimum atomic E-state index is -3.25. The SMILES string of the molecule is CC(C)N[C@H](Cc1c[nH]c2ccccc12)NS(C)(=O)=O. The van der Waals surface area contributed by atoms with E-state index in [4.69, 9.17) is 0 Å². The number of aromatic amines is 1. The maximum atomic E-state index is 11.5. The molecule has 1 aromatic heterocycles. The summed E-state index contributed by atoms with van der Waals surface area (Å²) < 4.78 is 25.6. The highest BCUT2D eigenvalue weighted by Crippen LogP contribution is 2.18. The maximum absolute atomic E-state index is 11.5. The standard InChI is InChI=1S/C14H21N3O2S/c1-10(2)16-14(17-20(3,18)19)8-11-9-15-13-7-5-4-6-12(11)13/h4-7,9-10,14-17H,8H2,1-3H3/t14-/m0/s1.